The maximum Gasteiger partial charge on any atom is 0.269 e. The van der Waals surface area contributed by atoms with E-state index in [9.17, 15) is 8.42 Å². The smallest absolute Gasteiger partial charge is 0.237 e. The first-order valence-electron chi connectivity index (χ1n) is 7.81. The maximum absolute atomic E-state index is 13.0. The lowest BCUT2D eigenvalue weighted by Gasteiger charge is -2.12. The third-order valence-corrected chi connectivity index (χ3v) is 5.53. The Hall–Kier alpha value is -1.62. The Balaban J connectivity index is 2.61. The topological polar surface area (TPSA) is 52.0 Å². The number of aromatic nitrogens is 2. The standard InChI is InChI=1S/C17H24N2O2S/c1-5-7-16-17(8-6-2)19(14(4)18-16)22(20,21)15-11-9-13(3)10-12-15/h9-12H,5-8H2,1-4H3. The van der Waals surface area contributed by atoms with Crippen molar-refractivity contribution in [2.75, 3.05) is 0 Å². The van der Waals surface area contributed by atoms with E-state index in [1.165, 1.54) is 3.97 Å². The first kappa shape index (κ1) is 16.7. The van der Waals surface area contributed by atoms with Gasteiger partial charge in [0.1, 0.15) is 5.82 Å². The lowest BCUT2D eigenvalue weighted by Crippen LogP contribution is -2.17. The van der Waals surface area contributed by atoms with E-state index in [-0.39, 0.29) is 0 Å². The van der Waals surface area contributed by atoms with Gasteiger partial charge in [0, 0.05) is 0 Å². The Morgan fingerprint density at radius 3 is 2.14 bits per heavy atom. The summed E-state index contributed by atoms with van der Waals surface area (Å²) in [6.07, 6.45) is 3.39. The van der Waals surface area contributed by atoms with Gasteiger partial charge in [-0.15, -0.1) is 0 Å². The average molecular weight is 320 g/mol. The summed E-state index contributed by atoms with van der Waals surface area (Å²) in [5, 5.41) is 0. The summed E-state index contributed by atoms with van der Waals surface area (Å²) in [6, 6.07) is 6.98. The molecule has 0 unspecified atom stereocenters. The molecule has 1 aromatic carbocycles. The normalized spacial score (nSPS) is 11.8. The summed E-state index contributed by atoms with van der Waals surface area (Å²) in [6.45, 7) is 7.85. The fourth-order valence-electron chi connectivity index (χ4n) is 2.67. The molecular weight excluding hydrogens is 296 g/mol. The van der Waals surface area contributed by atoms with Crippen molar-refractivity contribution in [2.24, 2.45) is 0 Å². The van der Waals surface area contributed by atoms with Gasteiger partial charge < -0.3 is 0 Å². The van der Waals surface area contributed by atoms with E-state index < -0.39 is 10.0 Å². The van der Waals surface area contributed by atoms with Crippen LogP contribution in [0.15, 0.2) is 29.2 Å². The monoisotopic (exact) mass is 320 g/mol. The van der Waals surface area contributed by atoms with Crippen LogP contribution < -0.4 is 0 Å². The molecule has 0 saturated heterocycles. The van der Waals surface area contributed by atoms with Crippen LogP contribution in [-0.2, 0) is 22.9 Å². The van der Waals surface area contributed by atoms with Crippen LogP contribution in [0.4, 0.5) is 0 Å². The first-order chi connectivity index (χ1) is 10.4. The molecule has 0 fully saturated rings. The van der Waals surface area contributed by atoms with Crippen molar-refractivity contribution in [1.82, 2.24) is 8.96 Å². The van der Waals surface area contributed by atoms with Gasteiger partial charge in [0.15, 0.2) is 0 Å². The molecule has 0 N–H and O–H groups in total. The van der Waals surface area contributed by atoms with Crippen LogP contribution in [0.2, 0.25) is 0 Å². The fourth-order valence-corrected chi connectivity index (χ4v) is 4.24. The molecule has 2 rings (SSSR count). The van der Waals surface area contributed by atoms with Crippen LogP contribution in [0.3, 0.4) is 0 Å². The minimum Gasteiger partial charge on any atom is -0.237 e. The van der Waals surface area contributed by atoms with Crippen LogP contribution in [0.5, 0.6) is 0 Å². The third-order valence-electron chi connectivity index (χ3n) is 3.70. The fraction of sp³-hybridized carbons (Fsp3) is 0.471. The molecule has 2 aromatic rings. The van der Waals surface area contributed by atoms with Gasteiger partial charge >= 0.3 is 0 Å². The largest absolute Gasteiger partial charge is 0.269 e. The summed E-state index contributed by atoms with van der Waals surface area (Å²) in [5.41, 5.74) is 2.79. The van der Waals surface area contributed by atoms with Crippen molar-refractivity contribution in [3.8, 4) is 0 Å². The van der Waals surface area contributed by atoms with Gasteiger partial charge in [-0.1, -0.05) is 44.4 Å². The van der Waals surface area contributed by atoms with E-state index in [1.807, 2.05) is 19.1 Å². The van der Waals surface area contributed by atoms with Crippen molar-refractivity contribution in [2.45, 2.75) is 58.3 Å². The highest BCUT2D eigenvalue weighted by molar-refractivity contribution is 7.90. The van der Waals surface area contributed by atoms with E-state index in [0.717, 1.165) is 42.6 Å². The lowest BCUT2D eigenvalue weighted by atomic mass is 10.1. The Kier molecular flexibility index (Phi) is 5.06. The molecule has 1 aromatic heterocycles. The molecular formula is C17H24N2O2S. The third kappa shape index (κ3) is 3.09. The molecule has 0 aliphatic heterocycles. The summed E-state index contributed by atoms with van der Waals surface area (Å²) in [4.78, 5) is 4.83. The predicted octanol–water partition coefficient (Wildman–Crippen LogP) is 3.64. The van der Waals surface area contributed by atoms with Gasteiger partial charge in [0.2, 0.25) is 0 Å². The van der Waals surface area contributed by atoms with Crippen molar-refractivity contribution < 1.29 is 8.42 Å². The van der Waals surface area contributed by atoms with Gasteiger partial charge in [-0.2, -0.15) is 0 Å². The van der Waals surface area contributed by atoms with E-state index in [1.54, 1.807) is 19.1 Å². The number of hydrogen-bond donors (Lipinski definition) is 0. The molecule has 0 spiro atoms. The van der Waals surface area contributed by atoms with Crippen molar-refractivity contribution in [3.05, 3.63) is 47.0 Å². The second-order valence-corrected chi connectivity index (χ2v) is 7.42. The van der Waals surface area contributed by atoms with Crippen LogP contribution in [0.1, 0.15) is 49.5 Å². The molecule has 120 valence electrons. The molecule has 0 bridgehead atoms. The number of hydrogen-bond acceptors (Lipinski definition) is 3. The van der Waals surface area contributed by atoms with E-state index >= 15 is 0 Å². The Labute approximate surface area is 133 Å². The average Bonchev–Trinajstić information content (AvgIpc) is 2.77. The van der Waals surface area contributed by atoms with Crippen LogP contribution in [0, 0.1) is 13.8 Å². The summed E-state index contributed by atoms with van der Waals surface area (Å²) < 4.78 is 27.4. The number of benzene rings is 1. The van der Waals surface area contributed by atoms with Gasteiger partial charge in [-0.25, -0.2) is 17.4 Å². The Morgan fingerprint density at radius 2 is 1.59 bits per heavy atom. The van der Waals surface area contributed by atoms with Gasteiger partial charge in [-0.3, -0.25) is 0 Å². The maximum atomic E-state index is 13.0. The molecule has 0 atom stereocenters. The molecule has 1 heterocycles. The Bertz CT molecular complexity index is 744. The molecule has 0 aliphatic rings. The Morgan fingerprint density at radius 1 is 1.00 bits per heavy atom. The second kappa shape index (κ2) is 6.65. The minimum absolute atomic E-state index is 0.319. The predicted molar refractivity (Wildman–Crippen MR) is 88.7 cm³/mol. The van der Waals surface area contributed by atoms with E-state index in [4.69, 9.17) is 0 Å². The van der Waals surface area contributed by atoms with Crippen molar-refractivity contribution in [1.29, 1.82) is 0 Å². The summed E-state index contributed by atoms with van der Waals surface area (Å²) >= 11 is 0. The van der Waals surface area contributed by atoms with Gasteiger partial charge in [0.25, 0.3) is 10.0 Å². The van der Waals surface area contributed by atoms with Gasteiger partial charge in [-0.05, 0) is 38.8 Å². The highest BCUT2D eigenvalue weighted by Gasteiger charge is 2.25. The molecule has 22 heavy (non-hydrogen) atoms. The van der Waals surface area contributed by atoms with E-state index in [2.05, 4.69) is 18.8 Å². The quantitative estimate of drug-likeness (QED) is 0.816. The lowest BCUT2D eigenvalue weighted by molar-refractivity contribution is 0.582. The van der Waals surface area contributed by atoms with E-state index in [0.29, 0.717) is 10.7 Å². The molecule has 0 radical (unpaired) electrons. The number of aryl methyl sites for hydroxylation is 3. The molecule has 0 saturated carbocycles. The van der Waals surface area contributed by atoms with Crippen molar-refractivity contribution >= 4 is 10.0 Å². The zero-order valence-electron chi connectivity index (χ0n) is 13.8. The highest BCUT2D eigenvalue weighted by atomic mass is 32.2. The van der Waals surface area contributed by atoms with Crippen LogP contribution in [0.25, 0.3) is 0 Å². The molecule has 0 aliphatic carbocycles. The molecule has 4 nitrogen and oxygen atoms in total. The number of nitrogens with zero attached hydrogens (tertiary/aromatic N) is 2. The van der Waals surface area contributed by atoms with Crippen molar-refractivity contribution in [3.63, 3.8) is 0 Å². The second-order valence-electron chi connectivity index (χ2n) is 5.63. The molecule has 0 amide bonds. The van der Waals surface area contributed by atoms with Gasteiger partial charge in [0.05, 0.1) is 16.3 Å². The number of imidazole rings is 1. The number of rotatable bonds is 6. The highest BCUT2D eigenvalue weighted by Crippen LogP contribution is 2.23. The minimum atomic E-state index is -3.58. The van der Waals surface area contributed by atoms with Crippen LogP contribution in [-0.4, -0.2) is 17.4 Å². The molecule has 5 heteroatoms. The zero-order chi connectivity index (χ0) is 16.3. The summed E-state index contributed by atoms with van der Waals surface area (Å²) in [5.74, 6) is 0.549. The zero-order valence-corrected chi connectivity index (χ0v) is 14.6. The first-order valence-corrected chi connectivity index (χ1v) is 9.25. The van der Waals surface area contributed by atoms with Crippen LogP contribution >= 0.6 is 0 Å². The summed E-state index contributed by atoms with van der Waals surface area (Å²) in [7, 11) is -3.58. The SMILES string of the molecule is CCCc1nc(C)n(S(=O)(=O)c2ccc(C)cc2)c1CCC.